The van der Waals surface area contributed by atoms with E-state index in [0.29, 0.717) is 31.5 Å². The number of carboxylic acids is 1. The van der Waals surface area contributed by atoms with Crippen LogP contribution in [0.3, 0.4) is 0 Å². The fraction of sp³-hybridized carbons (Fsp3) is 0.619. The fourth-order valence-corrected chi connectivity index (χ4v) is 3.18. The molecular weight excluding hydrogens is 472 g/mol. The first-order valence-corrected chi connectivity index (χ1v) is 11.7. The highest BCUT2D eigenvalue weighted by atomic mass is 16.4. The summed E-state index contributed by atoms with van der Waals surface area (Å²) in [7, 11) is 0. The number of rotatable bonds is 17. The molecule has 0 saturated heterocycles. The maximum absolute atomic E-state index is 12.9. The van der Waals surface area contributed by atoms with Crippen molar-refractivity contribution in [2.75, 3.05) is 13.1 Å². The fourth-order valence-electron chi connectivity index (χ4n) is 3.18. The molecule has 13 N–H and O–H groups in total. The number of carbonyl (C=O) groups is 4. The van der Waals surface area contributed by atoms with Crippen LogP contribution < -0.4 is 38.9 Å². The van der Waals surface area contributed by atoms with Crippen LogP contribution in [-0.4, -0.2) is 82.0 Å². The standard InChI is InChI=1S/C21H38N10O5/c1-12(29-18(33)14(23)5-2-3-7-22)17(32)30-15(6-4-8-27-21(24)25)19(34)31-16(20(35)36)9-13-10-26-11-28-13/h10-12,14-16H,2-9,22-23H2,1H3,(H,26,28)(H,29,33)(H,30,32)(H,31,34)(H,35,36)(H4,24,25,27). The molecule has 0 fully saturated rings. The topological polar surface area (TPSA) is 270 Å². The summed E-state index contributed by atoms with van der Waals surface area (Å²) < 4.78 is 0. The van der Waals surface area contributed by atoms with Crippen molar-refractivity contribution in [1.29, 1.82) is 0 Å². The normalized spacial score (nSPS) is 14.1. The molecule has 4 atom stereocenters. The van der Waals surface area contributed by atoms with Gasteiger partial charge in [0.1, 0.15) is 18.1 Å². The smallest absolute Gasteiger partial charge is 0.326 e. The molecule has 0 aliphatic carbocycles. The number of aromatic amines is 1. The van der Waals surface area contributed by atoms with Gasteiger partial charge in [-0.25, -0.2) is 9.78 Å². The van der Waals surface area contributed by atoms with E-state index < -0.39 is 47.9 Å². The number of imidazole rings is 1. The van der Waals surface area contributed by atoms with Crippen LogP contribution in [0.4, 0.5) is 0 Å². The molecule has 1 aromatic rings. The van der Waals surface area contributed by atoms with Crippen molar-refractivity contribution in [3.05, 3.63) is 18.2 Å². The number of aliphatic carboxylic acids is 1. The predicted octanol–water partition coefficient (Wildman–Crippen LogP) is -2.98. The molecule has 1 aromatic heterocycles. The highest BCUT2D eigenvalue weighted by Gasteiger charge is 2.29. The van der Waals surface area contributed by atoms with E-state index in [1.54, 1.807) is 0 Å². The summed E-state index contributed by atoms with van der Waals surface area (Å²) >= 11 is 0. The molecule has 202 valence electrons. The Hall–Kier alpha value is -3.72. The van der Waals surface area contributed by atoms with Gasteiger partial charge in [0, 0.05) is 24.9 Å². The second-order valence-electron chi connectivity index (χ2n) is 8.31. The Morgan fingerprint density at radius 3 is 2.31 bits per heavy atom. The Labute approximate surface area is 209 Å². The highest BCUT2D eigenvalue weighted by molar-refractivity contribution is 5.93. The van der Waals surface area contributed by atoms with Crippen LogP contribution in [0.2, 0.25) is 0 Å². The largest absolute Gasteiger partial charge is 0.480 e. The first kappa shape index (κ1) is 30.3. The SMILES string of the molecule is CC(NC(=O)C(N)CCCCN)C(=O)NC(CCCN=C(N)N)C(=O)NC(Cc1cnc[nH]1)C(=O)O. The third-order valence-electron chi connectivity index (χ3n) is 5.23. The molecule has 0 saturated carbocycles. The number of H-pyrrole nitrogens is 1. The molecule has 15 heteroatoms. The van der Waals surface area contributed by atoms with Gasteiger partial charge < -0.3 is 49.0 Å². The number of amides is 3. The Morgan fingerprint density at radius 1 is 1.03 bits per heavy atom. The first-order chi connectivity index (χ1) is 17.0. The van der Waals surface area contributed by atoms with Gasteiger partial charge >= 0.3 is 5.97 Å². The van der Waals surface area contributed by atoms with E-state index in [4.69, 9.17) is 22.9 Å². The second-order valence-corrected chi connectivity index (χ2v) is 8.31. The van der Waals surface area contributed by atoms with Gasteiger partial charge in [-0.15, -0.1) is 0 Å². The van der Waals surface area contributed by atoms with Crippen LogP contribution in [0.5, 0.6) is 0 Å². The number of carboxylic acid groups (broad SMARTS) is 1. The van der Waals surface area contributed by atoms with Gasteiger partial charge in [0.2, 0.25) is 17.7 Å². The second kappa shape index (κ2) is 16.0. The zero-order chi connectivity index (χ0) is 27.1. The summed E-state index contributed by atoms with van der Waals surface area (Å²) in [6.07, 6.45) is 5.05. The first-order valence-electron chi connectivity index (χ1n) is 11.7. The van der Waals surface area contributed by atoms with E-state index in [1.807, 2.05) is 0 Å². The lowest BCUT2D eigenvalue weighted by Gasteiger charge is -2.23. The van der Waals surface area contributed by atoms with Gasteiger partial charge in [0.25, 0.3) is 0 Å². The third-order valence-corrected chi connectivity index (χ3v) is 5.23. The van der Waals surface area contributed by atoms with Crippen molar-refractivity contribution in [1.82, 2.24) is 25.9 Å². The van der Waals surface area contributed by atoms with Gasteiger partial charge in [-0.2, -0.15) is 0 Å². The number of hydrogen-bond donors (Lipinski definition) is 9. The average Bonchev–Trinajstić information content (AvgIpc) is 3.33. The third kappa shape index (κ3) is 11.6. The number of carbonyl (C=O) groups excluding carboxylic acids is 3. The van der Waals surface area contributed by atoms with Crippen LogP contribution in [0.25, 0.3) is 0 Å². The Bertz CT molecular complexity index is 872. The summed E-state index contributed by atoms with van der Waals surface area (Å²) in [6, 6.07) is -4.16. The number of nitrogens with two attached hydrogens (primary N) is 4. The lowest BCUT2D eigenvalue weighted by Crippen LogP contribution is -2.56. The van der Waals surface area contributed by atoms with E-state index in [0.717, 1.165) is 6.42 Å². The molecule has 0 aromatic carbocycles. The molecule has 1 rings (SSSR count). The quantitative estimate of drug-likeness (QED) is 0.0582. The maximum atomic E-state index is 12.9. The minimum absolute atomic E-state index is 0.0375. The summed E-state index contributed by atoms with van der Waals surface area (Å²) in [5.41, 5.74) is 22.4. The van der Waals surface area contributed by atoms with E-state index in [1.165, 1.54) is 19.4 Å². The molecule has 4 unspecified atom stereocenters. The molecule has 0 spiro atoms. The van der Waals surface area contributed by atoms with Crippen molar-refractivity contribution in [3.8, 4) is 0 Å². The van der Waals surface area contributed by atoms with Crippen molar-refractivity contribution in [3.63, 3.8) is 0 Å². The number of guanidine groups is 1. The van der Waals surface area contributed by atoms with Crippen molar-refractivity contribution < 1.29 is 24.3 Å². The lowest BCUT2D eigenvalue weighted by atomic mass is 10.1. The van der Waals surface area contributed by atoms with Gasteiger partial charge in [0.15, 0.2) is 5.96 Å². The van der Waals surface area contributed by atoms with Crippen LogP contribution in [0.1, 0.15) is 44.7 Å². The van der Waals surface area contributed by atoms with Crippen LogP contribution >= 0.6 is 0 Å². The summed E-state index contributed by atoms with van der Waals surface area (Å²) in [5, 5.41) is 17.0. The number of unbranched alkanes of at least 4 members (excludes halogenated alkanes) is 1. The van der Waals surface area contributed by atoms with Crippen molar-refractivity contribution in [2.24, 2.45) is 27.9 Å². The number of nitrogens with one attached hydrogen (secondary N) is 4. The number of nitrogens with zero attached hydrogens (tertiary/aromatic N) is 2. The lowest BCUT2D eigenvalue weighted by molar-refractivity contribution is -0.142. The predicted molar refractivity (Wildman–Crippen MR) is 132 cm³/mol. The monoisotopic (exact) mass is 510 g/mol. The van der Waals surface area contributed by atoms with Gasteiger partial charge in [0.05, 0.1) is 12.4 Å². The summed E-state index contributed by atoms with van der Waals surface area (Å²) in [5.74, 6) is -3.23. The molecule has 0 radical (unpaired) electrons. The van der Waals surface area contributed by atoms with Gasteiger partial charge in [-0.1, -0.05) is 6.42 Å². The molecule has 0 aliphatic heterocycles. The molecule has 0 bridgehead atoms. The Kier molecular flexibility index (Phi) is 13.5. The molecular formula is C21H38N10O5. The van der Waals surface area contributed by atoms with E-state index in [2.05, 4.69) is 30.9 Å². The van der Waals surface area contributed by atoms with E-state index in [-0.39, 0.29) is 25.3 Å². The Morgan fingerprint density at radius 2 is 1.72 bits per heavy atom. The van der Waals surface area contributed by atoms with E-state index >= 15 is 0 Å². The number of hydrogen-bond acceptors (Lipinski definition) is 8. The minimum atomic E-state index is -1.27. The summed E-state index contributed by atoms with van der Waals surface area (Å²) in [6.45, 7) is 2.14. The number of aliphatic imine (C=N–C) groups is 1. The molecule has 1 heterocycles. The van der Waals surface area contributed by atoms with Gasteiger partial charge in [-0.3, -0.25) is 19.4 Å². The van der Waals surface area contributed by atoms with Gasteiger partial charge in [-0.05, 0) is 39.2 Å². The molecule has 3 amide bonds. The van der Waals surface area contributed by atoms with Crippen LogP contribution in [0, 0.1) is 0 Å². The minimum Gasteiger partial charge on any atom is -0.480 e. The van der Waals surface area contributed by atoms with Crippen LogP contribution in [-0.2, 0) is 25.6 Å². The zero-order valence-corrected chi connectivity index (χ0v) is 20.4. The molecule has 0 aliphatic rings. The van der Waals surface area contributed by atoms with Crippen molar-refractivity contribution in [2.45, 2.75) is 69.6 Å². The average molecular weight is 511 g/mol. The Balaban J connectivity index is 2.82. The molecule has 15 nitrogen and oxygen atoms in total. The van der Waals surface area contributed by atoms with E-state index in [9.17, 15) is 24.3 Å². The number of aromatic nitrogens is 2. The van der Waals surface area contributed by atoms with Crippen molar-refractivity contribution >= 4 is 29.7 Å². The summed E-state index contributed by atoms with van der Waals surface area (Å²) in [4.78, 5) is 60.1. The maximum Gasteiger partial charge on any atom is 0.326 e. The van der Waals surface area contributed by atoms with Crippen LogP contribution in [0.15, 0.2) is 17.5 Å². The molecule has 36 heavy (non-hydrogen) atoms. The highest BCUT2D eigenvalue weighted by Crippen LogP contribution is 2.04. The zero-order valence-electron chi connectivity index (χ0n) is 20.4.